The van der Waals surface area contributed by atoms with Crippen LogP contribution >= 0.6 is 7.60 Å². The maximum atomic E-state index is 11.3. The molecule has 1 aliphatic carbocycles. The monoisotopic (exact) mass is 487 g/mol. The molecule has 2 aliphatic rings. The van der Waals surface area contributed by atoms with Crippen LogP contribution in [0.4, 0.5) is 5.82 Å². The van der Waals surface area contributed by atoms with Gasteiger partial charge in [0.25, 0.3) is 0 Å². The quantitative estimate of drug-likeness (QED) is 0.257. The molecule has 6 N–H and O–H groups in total. The summed E-state index contributed by atoms with van der Waals surface area (Å²) in [5.74, 6) is -0.500. The molecule has 2 fully saturated rings. The fraction of sp³-hybridized carbons (Fsp3) is 0.737. The molecule has 14 heteroatoms. The fourth-order valence-electron chi connectivity index (χ4n) is 4.22. The first-order chi connectivity index (χ1) is 15.7. The Balaban J connectivity index is 1.57. The van der Waals surface area contributed by atoms with Crippen LogP contribution in [0.2, 0.25) is 0 Å². The normalized spacial score (nSPS) is 27.5. The van der Waals surface area contributed by atoms with E-state index >= 15 is 0 Å². The summed E-state index contributed by atoms with van der Waals surface area (Å²) in [6.07, 6.45) is 1.59. The van der Waals surface area contributed by atoms with Gasteiger partial charge in [-0.15, -0.1) is 0 Å². The third-order valence-corrected chi connectivity index (χ3v) is 7.14. The van der Waals surface area contributed by atoms with Gasteiger partial charge in [-0.25, -0.2) is 14.6 Å². The lowest BCUT2D eigenvalue weighted by Crippen LogP contribution is -2.35. The van der Waals surface area contributed by atoms with Gasteiger partial charge >= 0.3 is 7.60 Å². The van der Waals surface area contributed by atoms with E-state index < -0.39 is 51.2 Å². The highest BCUT2D eigenvalue weighted by Crippen LogP contribution is 2.42. The van der Waals surface area contributed by atoms with Gasteiger partial charge in [0.1, 0.15) is 30.0 Å². The van der Waals surface area contributed by atoms with Crippen molar-refractivity contribution < 1.29 is 39.1 Å². The standard InChI is InChI=1S/C19H30N5O8P/c1-2-13-22-17(21-10-5-3-4-6-10)11-7-20-24(18(11)23-13)19-16(27)15(26)12(32-19)9-31-14(8-25)33(28,29)30/h7,10,12,14-16,19,25-27H,2-6,8-9H2,1H3,(H,21,22,23)(H2,28,29,30)/t12-,14?,15-,16-,19-/m1/s1. The average molecular weight is 487 g/mol. The molecular formula is C19H30N5O8P. The van der Waals surface area contributed by atoms with Gasteiger partial charge in [-0.3, -0.25) is 4.57 Å². The van der Waals surface area contributed by atoms with Crippen LogP contribution in [-0.2, 0) is 20.5 Å². The van der Waals surface area contributed by atoms with Crippen LogP contribution in [0, 0.1) is 0 Å². The summed E-state index contributed by atoms with van der Waals surface area (Å²) in [7, 11) is -4.70. The van der Waals surface area contributed by atoms with Crippen molar-refractivity contribution in [2.45, 2.75) is 75.5 Å². The highest BCUT2D eigenvalue weighted by molar-refractivity contribution is 7.52. The van der Waals surface area contributed by atoms with Gasteiger partial charge in [-0.05, 0) is 12.8 Å². The molecule has 184 valence electrons. The Morgan fingerprint density at radius 3 is 2.64 bits per heavy atom. The van der Waals surface area contributed by atoms with E-state index in [1.807, 2.05) is 6.92 Å². The van der Waals surface area contributed by atoms with Crippen LogP contribution in [-0.4, -0.2) is 88.3 Å². The van der Waals surface area contributed by atoms with Gasteiger partial charge in [0, 0.05) is 12.5 Å². The van der Waals surface area contributed by atoms with Crippen molar-refractivity contribution in [3.63, 3.8) is 0 Å². The van der Waals surface area contributed by atoms with E-state index in [1.54, 1.807) is 6.20 Å². The molecule has 13 nitrogen and oxygen atoms in total. The fourth-order valence-corrected chi connectivity index (χ4v) is 4.71. The van der Waals surface area contributed by atoms with Gasteiger partial charge in [0.2, 0.25) is 0 Å². The zero-order valence-corrected chi connectivity index (χ0v) is 19.1. The van der Waals surface area contributed by atoms with E-state index in [0.29, 0.717) is 35.1 Å². The molecule has 0 radical (unpaired) electrons. The van der Waals surface area contributed by atoms with Crippen LogP contribution in [0.3, 0.4) is 0 Å². The Morgan fingerprint density at radius 1 is 1.27 bits per heavy atom. The Morgan fingerprint density at radius 2 is 2.00 bits per heavy atom. The second-order valence-electron chi connectivity index (χ2n) is 8.40. The summed E-state index contributed by atoms with van der Waals surface area (Å²) < 4.78 is 23.5. The molecule has 0 aromatic carbocycles. The molecule has 5 atom stereocenters. The maximum Gasteiger partial charge on any atom is 0.356 e. The number of nitrogens with one attached hydrogen (secondary N) is 1. The predicted molar refractivity (Wildman–Crippen MR) is 115 cm³/mol. The number of ether oxygens (including phenoxy) is 2. The number of aliphatic hydroxyl groups excluding tert-OH is 3. The zero-order chi connectivity index (χ0) is 23.8. The highest BCUT2D eigenvalue weighted by Gasteiger charge is 2.46. The Labute approximate surface area is 189 Å². The number of nitrogens with zero attached hydrogens (tertiary/aromatic N) is 4. The Hall–Kier alpha value is -1.70. The van der Waals surface area contributed by atoms with Crippen LogP contribution in [0.1, 0.15) is 44.7 Å². The molecule has 0 amide bonds. The molecule has 1 saturated heterocycles. The van der Waals surface area contributed by atoms with E-state index in [-0.39, 0.29) is 0 Å². The molecule has 2 aromatic heterocycles. The highest BCUT2D eigenvalue weighted by atomic mass is 31.2. The third-order valence-electron chi connectivity index (χ3n) is 6.07. The Kier molecular flexibility index (Phi) is 7.32. The summed E-state index contributed by atoms with van der Waals surface area (Å²) in [6.45, 7) is 0.572. The molecule has 1 saturated carbocycles. The number of anilines is 1. The second-order valence-corrected chi connectivity index (χ2v) is 10.2. The van der Waals surface area contributed by atoms with Crippen molar-refractivity contribution >= 4 is 24.4 Å². The van der Waals surface area contributed by atoms with Gasteiger partial charge in [0.05, 0.1) is 24.8 Å². The summed E-state index contributed by atoms with van der Waals surface area (Å²) in [4.78, 5) is 27.6. The maximum absolute atomic E-state index is 11.3. The van der Waals surface area contributed by atoms with Gasteiger partial charge in [-0.2, -0.15) is 5.10 Å². The minimum absolute atomic E-state index is 0.321. The molecule has 0 spiro atoms. The summed E-state index contributed by atoms with van der Waals surface area (Å²) >= 11 is 0. The van der Waals surface area contributed by atoms with Crippen molar-refractivity contribution in [3.8, 4) is 0 Å². The van der Waals surface area contributed by atoms with Crippen LogP contribution < -0.4 is 5.32 Å². The minimum atomic E-state index is -4.70. The number of aryl methyl sites for hydroxylation is 1. The SMILES string of the molecule is CCc1nc(NC2CCCC2)c2cnn([C@@H]3O[C@H](COC(CO)P(=O)(O)O)[C@@H](O)[C@H]3O)c2n1. The van der Waals surface area contributed by atoms with Gasteiger partial charge in [0.15, 0.2) is 17.7 Å². The average Bonchev–Trinajstić information content (AvgIpc) is 3.49. The molecule has 1 aliphatic heterocycles. The Bertz CT molecular complexity index is 1010. The van der Waals surface area contributed by atoms with E-state index in [4.69, 9.17) is 14.6 Å². The molecule has 2 aromatic rings. The lowest BCUT2D eigenvalue weighted by molar-refractivity contribution is -0.0807. The summed E-state index contributed by atoms with van der Waals surface area (Å²) in [5, 5.41) is 38.7. The third kappa shape index (κ3) is 5.05. The van der Waals surface area contributed by atoms with Crippen molar-refractivity contribution in [1.82, 2.24) is 19.7 Å². The molecule has 0 bridgehead atoms. The number of aliphatic hydroxyl groups is 3. The van der Waals surface area contributed by atoms with E-state index in [1.165, 1.54) is 4.68 Å². The molecule has 4 rings (SSSR count). The number of hydrogen-bond acceptors (Lipinski definition) is 10. The van der Waals surface area contributed by atoms with E-state index in [0.717, 1.165) is 25.7 Å². The number of rotatable bonds is 9. The van der Waals surface area contributed by atoms with Crippen LogP contribution in [0.5, 0.6) is 0 Å². The lowest BCUT2D eigenvalue weighted by Gasteiger charge is -2.20. The molecule has 3 heterocycles. The van der Waals surface area contributed by atoms with Crippen molar-refractivity contribution in [3.05, 3.63) is 12.0 Å². The smallest absolute Gasteiger partial charge is 0.356 e. The molecule has 1 unspecified atom stereocenters. The van der Waals surface area contributed by atoms with E-state index in [2.05, 4.69) is 20.4 Å². The predicted octanol–water partition coefficient (Wildman–Crippen LogP) is -0.125. The summed E-state index contributed by atoms with van der Waals surface area (Å²) in [6, 6.07) is 0.321. The molecule has 33 heavy (non-hydrogen) atoms. The number of fused-ring (bicyclic) bond motifs is 1. The first kappa shape index (κ1) is 24.4. The number of aromatic nitrogens is 4. The van der Waals surface area contributed by atoms with Gasteiger partial charge < -0.3 is 39.9 Å². The lowest BCUT2D eigenvalue weighted by atomic mass is 10.1. The van der Waals surface area contributed by atoms with E-state index in [9.17, 15) is 24.6 Å². The second kappa shape index (κ2) is 9.88. The van der Waals surface area contributed by atoms with Gasteiger partial charge in [-0.1, -0.05) is 19.8 Å². The largest absolute Gasteiger partial charge is 0.393 e. The van der Waals surface area contributed by atoms with Crippen molar-refractivity contribution in [1.29, 1.82) is 0 Å². The van der Waals surface area contributed by atoms with Crippen LogP contribution in [0.25, 0.3) is 11.0 Å². The molecular weight excluding hydrogens is 457 g/mol. The first-order valence-electron chi connectivity index (χ1n) is 11.0. The topological polar surface area (TPSA) is 192 Å². The van der Waals surface area contributed by atoms with Crippen molar-refractivity contribution in [2.75, 3.05) is 18.5 Å². The first-order valence-corrected chi connectivity index (χ1v) is 12.7. The van der Waals surface area contributed by atoms with Crippen molar-refractivity contribution in [2.24, 2.45) is 0 Å². The number of hydrogen-bond donors (Lipinski definition) is 6. The zero-order valence-electron chi connectivity index (χ0n) is 18.2. The van der Waals surface area contributed by atoms with Crippen LogP contribution in [0.15, 0.2) is 6.20 Å². The summed E-state index contributed by atoms with van der Waals surface area (Å²) in [5.41, 5.74) is 0.434. The minimum Gasteiger partial charge on any atom is -0.393 e.